The Kier molecular flexibility index (Phi) is 3.19. The Morgan fingerprint density at radius 3 is 2.50 bits per heavy atom. The Labute approximate surface area is 85.5 Å². The van der Waals surface area contributed by atoms with E-state index < -0.39 is 11.3 Å². The zero-order valence-corrected chi connectivity index (χ0v) is 8.15. The maximum absolute atomic E-state index is 11.3. The van der Waals surface area contributed by atoms with E-state index in [4.69, 9.17) is 16.7 Å². The van der Waals surface area contributed by atoms with Crippen LogP contribution >= 0.6 is 11.6 Å². The fourth-order valence-electron chi connectivity index (χ4n) is 0.895. The molecule has 1 N–H and O–H groups in total. The predicted octanol–water partition coefficient (Wildman–Crippen LogP) is 1.59. The molecule has 1 unspecified atom stereocenters. The molecule has 0 fully saturated rings. The van der Waals surface area contributed by atoms with Gasteiger partial charge in [0.15, 0.2) is 5.78 Å². The third-order valence-electron chi connectivity index (χ3n) is 1.58. The van der Waals surface area contributed by atoms with E-state index in [0.717, 1.165) is 0 Å². The largest absolute Gasteiger partial charge is 0.477 e. The van der Waals surface area contributed by atoms with Crippen LogP contribution in [0.1, 0.15) is 27.9 Å². The van der Waals surface area contributed by atoms with E-state index in [-0.39, 0.29) is 17.2 Å². The third-order valence-corrected chi connectivity index (χ3v) is 1.78. The second-order valence-corrected chi connectivity index (χ2v) is 3.35. The molecule has 1 aromatic heterocycles. The van der Waals surface area contributed by atoms with Crippen molar-refractivity contribution in [2.75, 3.05) is 0 Å². The van der Waals surface area contributed by atoms with Crippen LogP contribution < -0.4 is 0 Å². The lowest BCUT2D eigenvalue weighted by molar-refractivity contribution is 0.0690. The van der Waals surface area contributed by atoms with Crippen LogP contribution in [0.3, 0.4) is 0 Å². The van der Waals surface area contributed by atoms with E-state index in [1.165, 1.54) is 25.1 Å². The molecule has 0 bridgehead atoms. The van der Waals surface area contributed by atoms with Gasteiger partial charge >= 0.3 is 5.97 Å². The molecule has 4 nitrogen and oxygen atoms in total. The van der Waals surface area contributed by atoms with E-state index in [1.54, 1.807) is 0 Å². The second kappa shape index (κ2) is 4.19. The van der Waals surface area contributed by atoms with E-state index in [1.807, 2.05) is 0 Å². The molecule has 5 heteroatoms. The van der Waals surface area contributed by atoms with Crippen LogP contribution in [0, 0.1) is 0 Å². The first-order valence-electron chi connectivity index (χ1n) is 3.91. The third kappa shape index (κ3) is 2.29. The van der Waals surface area contributed by atoms with Crippen LogP contribution in [-0.4, -0.2) is 27.2 Å². The van der Waals surface area contributed by atoms with Gasteiger partial charge in [-0.15, -0.1) is 11.6 Å². The fraction of sp³-hybridized carbons (Fsp3) is 0.222. The van der Waals surface area contributed by atoms with Crippen molar-refractivity contribution in [3.63, 3.8) is 0 Å². The maximum atomic E-state index is 11.3. The summed E-state index contributed by atoms with van der Waals surface area (Å²) in [6.07, 6.45) is 0. The number of hydrogen-bond donors (Lipinski definition) is 1. The summed E-state index contributed by atoms with van der Waals surface area (Å²) >= 11 is 5.56. The van der Waals surface area contributed by atoms with Gasteiger partial charge in [-0.2, -0.15) is 0 Å². The Hall–Kier alpha value is -1.42. The number of Topliss-reactive ketones (excluding diaryl/α,β-unsaturated/α-hetero) is 1. The molecule has 0 aromatic carbocycles. The van der Waals surface area contributed by atoms with Gasteiger partial charge < -0.3 is 5.11 Å². The van der Waals surface area contributed by atoms with Crippen molar-refractivity contribution < 1.29 is 14.7 Å². The summed E-state index contributed by atoms with van der Waals surface area (Å²) in [5, 5.41) is 7.92. The van der Waals surface area contributed by atoms with E-state index >= 15 is 0 Å². The van der Waals surface area contributed by atoms with Crippen LogP contribution in [0.4, 0.5) is 0 Å². The van der Waals surface area contributed by atoms with Crippen molar-refractivity contribution in [3.8, 4) is 0 Å². The summed E-state index contributed by atoms with van der Waals surface area (Å²) in [5.74, 6) is -1.54. The van der Waals surface area contributed by atoms with Gasteiger partial charge in [0.1, 0.15) is 11.4 Å². The number of carbonyl (C=O) groups is 2. The summed E-state index contributed by atoms with van der Waals surface area (Å²) in [5.41, 5.74) is -0.0828. The van der Waals surface area contributed by atoms with Crippen LogP contribution in [0.15, 0.2) is 18.2 Å². The van der Waals surface area contributed by atoms with Gasteiger partial charge in [0, 0.05) is 0 Å². The molecule has 0 spiro atoms. The average Bonchev–Trinajstić information content (AvgIpc) is 2.16. The highest BCUT2D eigenvalue weighted by Crippen LogP contribution is 2.06. The van der Waals surface area contributed by atoms with Crippen LogP contribution in [-0.2, 0) is 0 Å². The zero-order chi connectivity index (χ0) is 10.7. The molecule has 0 saturated carbocycles. The van der Waals surface area contributed by atoms with Gasteiger partial charge in [-0.3, -0.25) is 4.79 Å². The van der Waals surface area contributed by atoms with Crippen molar-refractivity contribution in [3.05, 3.63) is 29.6 Å². The summed E-state index contributed by atoms with van der Waals surface area (Å²) in [6.45, 7) is 1.51. The van der Waals surface area contributed by atoms with E-state index in [9.17, 15) is 9.59 Å². The standard InChI is InChI=1S/C9H8ClNO3/c1-5(10)8(12)6-3-2-4-7(11-6)9(13)14/h2-5H,1H3,(H,13,14). The predicted molar refractivity (Wildman–Crippen MR) is 50.8 cm³/mol. The molecular weight excluding hydrogens is 206 g/mol. The summed E-state index contributed by atoms with van der Waals surface area (Å²) in [4.78, 5) is 25.5. The van der Waals surface area contributed by atoms with Crippen molar-refractivity contribution in [1.29, 1.82) is 0 Å². The number of alkyl halides is 1. The molecule has 0 aliphatic heterocycles. The fourth-order valence-corrected chi connectivity index (χ4v) is 1.01. The number of rotatable bonds is 3. The van der Waals surface area contributed by atoms with Crippen LogP contribution in [0.2, 0.25) is 0 Å². The molecule has 0 radical (unpaired) electrons. The number of halogens is 1. The molecule has 1 aromatic rings. The quantitative estimate of drug-likeness (QED) is 0.612. The van der Waals surface area contributed by atoms with E-state index in [2.05, 4.69) is 4.98 Å². The van der Waals surface area contributed by atoms with Crippen molar-refractivity contribution in [2.24, 2.45) is 0 Å². The van der Waals surface area contributed by atoms with Gasteiger partial charge in [-0.25, -0.2) is 9.78 Å². The number of nitrogens with zero attached hydrogens (tertiary/aromatic N) is 1. The minimum atomic E-state index is -1.16. The summed E-state index contributed by atoms with van der Waals surface area (Å²) in [7, 11) is 0. The number of carboxylic acid groups (broad SMARTS) is 1. The van der Waals surface area contributed by atoms with Crippen LogP contribution in [0.25, 0.3) is 0 Å². The number of hydrogen-bond acceptors (Lipinski definition) is 3. The molecule has 0 saturated heterocycles. The van der Waals surface area contributed by atoms with Crippen molar-refractivity contribution in [1.82, 2.24) is 4.98 Å². The minimum Gasteiger partial charge on any atom is -0.477 e. The molecule has 0 aliphatic rings. The summed E-state index contributed by atoms with van der Waals surface area (Å²) < 4.78 is 0. The summed E-state index contributed by atoms with van der Waals surface area (Å²) in [6, 6.07) is 4.22. The highest BCUT2D eigenvalue weighted by Gasteiger charge is 2.15. The first-order valence-corrected chi connectivity index (χ1v) is 4.34. The topological polar surface area (TPSA) is 67.3 Å². The Morgan fingerprint density at radius 2 is 2.00 bits per heavy atom. The average molecular weight is 214 g/mol. The first-order chi connectivity index (χ1) is 6.52. The smallest absolute Gasteiger partial charge is 0.354 e. The maximum Gasteiger partial charge on any atom is 0.354 e. The lowest BCUT2D eigenvalue weighted by Gasteiger charge is -2.01. The number of ketones is 1. The van der Waals surface area contributed by atoms with Gasteiger partial charge in [-0.1, -0.05) is 6.07 Å². The monoisotopic (exact) mass is 213 g/mol. The Morgan fingerprint density at radius 1 is 1.43 bits per heavy atom. The van der Waals surface area contributed by atoms with Gasteiger partial charge in [0.25, 0.3) is 0 Å². The first kappa shape index (κ1) is 10.7. The molecule has 1 heterocycles. The lowest BCUT2D eigenvalue weighted by Crippen LogP contribution is -2.14. The lowest BCUT2D eigenvalue weighted by atomic mass is 10.2. The molecular formula is C9H8ClNO3. The highest BCUT2D eigenvalue weighted by atomic mass is 35.5. The number of carboxylic acids is 1. The molecule has 0 amide bonds. The van der Waals surface area contributed by atoms with Crippen molar-refractivity contribution in [2.45, 2.75) is 12.3 Å². The number of aromatic nitrogens is 1. The van der Waals surface area contributed by atoms with Crippen molar-refractivity contribution >= 4 is 23.4 Å². The molecule has 1 rings (SSSR count). The van der Waals surface area contributed by atoms with Gasteiger partial charge in [0.2, 0.25) is 0 Å². The minimum absolute atomic E-state index is 0.0763. The number of aromatic carboxylic acids is 1. The molecule has 1 atom stereocenters. The highest BCUT2D eigenvalue weighted by molar-refractivity contribution is 6.33. The van der Waals surface area contributed by atoms with Gasteiger partial charge in [0.05, 0.1) is 5.38 Å². The molecule has 0 aliphatic carbocycles. The van der Waals surface area contributed by atoms with Gasteiger partial charge in [-0.05, 0) is 19.1 Å². The number of carbonyl (C=O) groups excluding carboxylic acids is 1. The Balaban J connectivity index is 3.06. The van der Waals surface area contributed by atoms with E-state index in [0.29, 0.717) is 0 Å². The SMILES string of the molecule is CC(Cl)C(=O)c1cccc(C(=O)O)n1. The second-order valence-electron chi connectivity index (χ2n) is 2.69. The van der Waals surface area contributed by atoms with Crippen LogP contribution in [0.5, 0.6) is 0 Å². The normalized spacial score (nSPS) is 12.1. The number of pyridine rings is 1. The molecule has 14 heavy (non-hydrogen) atoms. The Bertz CT molecular complexity index is 376. The zero-order valence-electron chi connectivity index (χ0n) is 7.40. The molecule has 74 valence electrons.